The summed E-state index contributed by atoms with van der Waals surface area (Å²) in [6, 6.07) is 1.47. The maximum absolute atomic E-state index is 14.1. The maximum Gasteiger partial charge on any atom is 0.421 e. The molecule has 2 rings (SSSR count). The second kappa shape index (κ2) is 7.77. The van der Waals surface area contributed by atoms with E-state index in [0.717, 1.165) is 12.1 Å². The van der Waals surface area contributed by atoms with E-state index < -0.39 is 41.2 Å². The monoisotopic (exact) mass is 377 g/mol. The number of hydrogen-bond acceptors (Lipinski definition) is 4. The van der Waals surface area contributed by atoms with Crippen LogP contribution in [-0.2, 0) is 11.0 Å². The Kier molecular flexibility index (Phi) is 6.10. The molecule has 0 spiro atoms. The van der Waals surface area contributed by atoms with E-state index in [-0.39, 0.29) is 13.2 Å². The van der Waals surface area contributed by atoms with Gasteiger partial charge in [0.1, 0.15) is 18.3 Å². The van der Waals surface area contributed by atoms with Gasteiger partial charge in [0, 0.05) is 19.8 Å². The fourth-order valence-corrected chi connectivity index (χ4v) is 2.90. The van der Waals surface area contributed by atoms with Crippen LogP contribution in [0.4, 0.5) is 17.6 Å². The number of pyridine rings is 1. The predicted molar refractivity (Wildman–Crippen MR) is 87.5 cm³/mol. The number of halogens is 4. The van der Waals surface area contributed by atoms with Crippen molar-refractivity contribution in [3.63, 3.8) is 0 Å². The van der Waals surface area contributed by atoms with Gasteiger partial charge in [-0.05, 0) is 38.9 Å². The summed E-state index contributed by atoms with van der Waals surface area (Å²) in [6.45, 7) is 3.56. The van der Waals surface area contributed by atoms with Crippen LogP contribution in [0.3, 0.4) is 0 Å². The first-order valence-electron chi connectivity index (χ1n) is 8.31. The lowest BCUT2D eigenvalue weighted by Gasteiger charge is -2.38. The van der Waals surface area contributed by atoms with Crippen molar-refractivity contribution in [3.05, 3.63) is 23.9 Å². The number of nitrogens with one attached hydrogen (secondary N) is 1. The van der Waals surface area contributed by atoms with Gasteiger partial charge in [0.2, 0.25) is 11.8 Å². The Hall–Kier alpha value is -1.90. The Labute approximate surface area is 149 Å². The third-order valence-corrected chi connectivity index (χ3v) is 4.42. The quantitative estimate of drug-likeness (QED) is 0.802. The van der Waals surface area contributed by atoms with Crippen LogP contribution in [0, 0.1) is 5.41 Å². The summed E-state index contributed by atoms with van der Waals surface area (Å²) in [5.41, 5.74) is -2.14. The molecule has 1 N–H and O–H groups in total. The molecule has 1 aromatic heterocycles. The standard InChI is InChI=1S/C17H23F4N3O2/c1-16(2,15(25)24(3)13-6-8-22-9-12(13)18)10-26-14-11(17(19,20)21)5-4-7-23-14/h4-5,7,12-13,22H,6,8-10H2,1-3H3/t12-,13-/m0/s1. The van der Waals surface area contributed by atoms with Crippen molar-refractivity contribution in [2.75, 3.05) is 26.7 Å². The number of ether oxygens (including phenoxy) is 1. The Bertz CT molecular complexity index is 637. The van der Waals surface area contributed by atoms with Crippen molar-refractivity contribution in [1.82, 2.24) is 15.2 Å². The number of hydrogen-bond donors (Lipinski definition) is 1. The highest BCUT2D eigenvalue weighted by molar-refractivity contribution is 5.82. The lowest BCUT2D eigenvalue weighted by Crippen LogP contribution is -2.55. The number of aromatic nitrogens is 1. The third kappa shape index (κ3) is 4.63. The average Bonchev–Trinajstić information content (AvgIpc) is 2.58. The van der Waals surface area contributed by atoms with Crippen LogP contribution >= 0.6 is 0 Å². The second-order valence-electron chi connectivity index (χ2n) is 7.02. The van der Waals surface area contributed by atoms with Crippen molar-refractivity contribution in [2.45, 2.75) is 38.7 Å². The molecule has 26 heavy (non-hydrogen) atoms. The highest BCUT2D eigenvalue weighted by Crippen LogP contribution is 2.35. The van der Waals surface area contributed by atoms with Gasteiger partial charge >= 0.3 is 6.18 Å². The Balaban J connectivity index is 2.07. The van der Waals surface area contributed by atoms with Gasteiger partial charge in [0.15, 0.2) is 0 Å². The van der Waals surface area contributed by atoms with Crippen LogP contribution < -0.4 is 10.1 Å². The van der Waals surface area contributed by atoms with E-state index >= 15 is 0 Å². The summed E-state index contributed by atoms with van der Waals surface area (Å²) in [5.74, 6) is -0.967. The van der Waals surface area contributed by atoms with Crippen LogP contribution in [0.1, 0.15) is 25.8 Å². The minimum absolute atomic E-state index is 0.169. The minimum atomic E-state index is -4.61. The van der Waals surface area contributed by atoms with E-state index in [9.17, 15) is 22.4 Å². The first-order valence-corrected chi connectivity index (χ1v) is 8.31. The van der Waals surface area contributed by atoms with Gasteiger partial charge in [0.25, 0.3) is 0 Å². The molecule has 1 aliphatic rings. The van der Waals surface area contributed by atoms with E-state index in [1.807, 2.05) is 0 Å². The van der Waals surface area contributed by atoms with Crippen molar-refractivity contribution >= 4 is 5.91 Å². The molecule has 2 atom stereocenters. The van der Waals surface area contributed by atoms with Crippen LogP contribution in [0.5, 0.6) is 5.88 Å². The molecule has 1 saturated heterocycles. The highest BCUT2D eigenvalue weighted by atomic mass is 19.4. The van der Waals surface area contributed by atoms with Gasteiger partial charge in [-0.25, -0.2) is 9.37 Å². The molecule has 0 bridgehead atoms. The van der Waals surface area contributed by atoms with Crippen molar-refractivity contribution < 1.29 is 27.1 Å². The van der Waals surface area contributed by atoms with Gasteiger partial charge in [-0.15, -0.1) is 0 Å². The summed E-state index contributed by atoms with van der Waals surface area (Å²) >= 11 is 0. The van der Waals surface area contributed by atoms with Crippen LogP contribution in [0.2, 0.25) is 0 Å². The number of carbonyl (C=O) groups excluding carboxylic acids is 1. The normalized spacial score (nSPS) is 21.3. The summed E-state index contributed by atoms with van der Waals surface area (Å²) in [6.07, 6.45) is -4.14. The zero-order valence-electron chi connectivity index (χ0n) is 14.9. The Morgan fingerprint density at radius 3 is 2.73 bits per heavy atom. The number of nitrogens with zero attached hydrogens (tertiary/aromatic N) is 2. The fraction of sp³-hybridized carbons (Fsp3) is 0.647. The molecule has 5 nitrogen and oxygen atoms in total. The Morgan fingerprint density at radius 2 is 2.12 bits per heavy atom. The third-order valence-electron chi connectivity index (χ3n) is 4.42. The molecule has 1 amide bonds. The van der Waals surface area contributed by atoms with Crippen molar-refractivity contribution in [2.24, 2.45) is 5.41 Å². The first kappa shape index (κ1) is 20.4. The minimum Gasteiger partial charge on any atom is -0.476 e. The molecule has 2 heterocycles. The molecule has 0 unspecified atom stereocenters. The highest BCUT2D eigenvalue weighted by Gasteiger charge is 2.39. The van der Waals surface area contributed by atoms with E-state index in [4.69, 9.17) is 4.74 Å². The average molecular weight is 377 g/mol. The van der Waals surface area contributed by atoms with Crippen LogP contribution in [0.15, 0.2) is 18.3 Å². The molecular weight excluding hydrogens is 354 g/mol. The summed E-state index contributed by atoms with van der Waals surface area (Å²) in [4.78, 5) is 17.7. The lowest BCUT2D eigenvalue weighted by molar-refractivity contribution is -0.145. The molecule has 1 aliphatic heterocycles. The summed E-state index contributed by atoms with van der Waals surface area (Å²) in [5, 5.41) is 2.91. The van der Waals surface area contributed by atoms with Gasteiger partial charge < -0.3 is 15.0 Å². The lowest BCUT2D eigenvalue weighted by atomic mass is 9.91. The molecule has 9 heteroatoms. The van der Waals surface area contributed by atoms with E-state index in [1.165, 1.54) is 18.1 Å². The zero-order valence-corrected chi connectivity index (χ0v) is 14.9. The number of carbonyl (C=O) groups is 1. The smallest absolute Gasteiger partial charge is 0.421 e. The van der Waals surface area contributed by atoms with Gasteiger partial charge in [-0.2, -0.15) is 13.2 Å². The topological polar surface area (TPSA) is 54.5 Å². The SMILES string of the molecule is CN(C(=O)C(C)(C)COc1ncccc1C(F)(F)F)[C@H]1CCNC[C@@H]1F. The van der Waals surface area contributed by atoms with Gasteiger partial charge in [0.05, 0.1) is 11.5 Å². The number of amides is 1. The molecule has 0 aromatic carbocycles. The summed E-state index contributed by atoms with van der Waals surface area (Å²) in [7, 11) is 1.51. The summed E-state index contributed by atoms with van der Waals surface area (Å²) < 4.78 is 58.3. The van der Waals surface area contributed by atoms with Gasteiger partial charge in [-0.3, -0.25) is 4.79 Å². The van der Waals surface area contributed by atoms with E-state index in [1.54, 1.807) is 13.8 Å². The maximum atomic E-state index is 14.1. The van der Waals surface area contributed by atoms with Crippen LogP contribution in [0.25, 0.3) is 0 Å². The number of rotatable bonds is 5. The number of piperidine rings is 1. The molecule has 1 aromatic rings. The largest absolute Gasteiger partial charge is 0.476 e. The molecular formula is C17H23F4N3O2. The molecule has 0 saturated carbocycles. The molecule has 146 valence electrons. The fourth-order valence-electron chi connectivity index (χ4n) is 2.90. The molecule has 0 aliphatic carbocycles. The van der Waals surface area contributed by atoms with Crippen molar-refractivity contribution in [3.8, 4) is 5.88 Å². The Morgan fingerprint density at radius 1 is 1.42 bits per heavy atom. The van der Waals surface area contributed by atoms with E-state index in [0.29, 0.717) is 13.0 Å². The predicted octanol–water partition coefficient (Wildman–Crippen LogP) is 2.66. The van der Waals surface area contributed by atoms with E-state index in [2.05, 4.69) is 10.3 Å². The molecule has 1 fully saturated rings. The first-order chi connectivity index (χ1) is 12.0. The molecule has 0 radical (unpaired) electrons. The van der Waals surface area contributed by atoms with Gasteiger partial charge in [-0.1, -0.05) is 0 Å². The number of alkyl halides is 4. The zero-order chi connectivity index (χ0) is 19.5. The van der Waals surface area contributed by atoms with Crippen LogP contribution in [-0.4, -0.2) is 54.7 Å². The second-order valence-corrected chi connectivity index (χ2v) is 7.02. The van der Waals surface area contributed by atoms with Crippen molar-refractivity contribution in [1.29, 1.82) is 0 Å².